The maximum absolute atomic E-state index is 12.8. The van der Waals surface area contributed by atoms with Crippen molar-refractivity contribution in [2.45, 2.75) is 10.8 Å². The molecule has 0 amide bonds. The zero-order chi connectivity index (χ0) is 17.1. The summed E-state index contributed by atoms with van der Waals surface area (Å²) in [5, 5.41) is 0.473. The lowest BCUT2D eigenvalue weighted by atomic mass is 10.2. The van der Waals surface area contributed by atoms with Gasteiger partial charge in [-0.05, 0) is 17.7 Å². The van der Waals surface area contributed by atoms with Crippen molar-refractivity contribution in [1.82, 2.24) is 9.55 Å². The zero-order valence-corrected chi connectivity index (χ0v) is 14.2. The van der Waals surface area contributed by atoms with Gasteiger partial charge in [0.1, 0.15) is 13.2 Å². The summed E-state index contributed by atoms with van der Waals surface area (Å²) in [6, 6.07) is 15.5. The Morgan fingerprint density at radius 3 is 2.68 bits per heavy atom. The molecule has 0 atom stereocenters. The van der Waals surface area contributed by atoms with Gasteiger partial charge >= 0.3 is 0 Å². The van der Waals surface area contributed by atoms with Gasteiger partial charge < -0.3 is 9.47 Å². The van der Waals surface area contributed by atoms with E-state index in [2.05, 4.69) is 4.98 Å². The molecule has 1 aliphatic rings. The minimum atomic E-state index is -0.139. The Kier molecular flexibility index (Phi) is 4.43. The monoisotopic (exact) mass is 352 g/mol. The number of rotatable bonds is 4. The third-order valence-electron chi connectivity index (χ3n) is 3.83. The molecule has 0 spiro atoms. The SMILES string of the molecule is O=c1c(SCc2ccccc2)nccn1-c1ccc2c(c1)OCCO2. The maximum Gasteiger partial charge on any atom is 0.287 e. The summed E-state index contributed by atoms with van der Waals surface area (Å²) in [5.41, 5.74) is 1.75. The van der Waals surface area contributed by atoms with Crippen molar-refractivity contribution in [3.63, 3.8) is 0 Å². The molecule has 0 unspecified atom stereocenters. The van der Waals surface area contributed by atoms with Crippen LogP contribution >= 0.6 is 11.8 Å². The molecule has 0 N–H and O–H groups in total. The van der Waals surface area contributed by atoms with Crippen LogP contribution in [0.25, 0.3) is 5.69 Å². The van der Waals surface area contributed by atoms with Crippen LogP contribution in [0.1, 0.15) is 5.56 Å². The maximum atomic E-state index is 12.8. The molecule has 4 rings (SSSR count). The molecule has 0 aliphatic carbocycles. The summed E-state index contributed by atoms with van der Waals surface area (Å²) >= 11 is 1.44. The molecular weight excluding hydrogens is 336 g/mol. The van der Waals surface area contributed by atoms with Gasteiger partial charge in [0.05, 0.1) is 5.69 Å². The first kappa shape index (κ1) is 15.8. The molecule has 3 aromatic rings. The number of aromatic nitrogens is 2. The van der Waals surface area contributed by atoms with E-state index in [9.17, 15) is 4.79 Å². The number of benzene rings is 2. The van der Waals surface area contributed by atoms with E-state index in [0.717, 1.165) is 11.3 Å². The van der Waals surface area contributed by atoms with Gasteiger partial charge in [-0.15, -0.1) is 0 Å². The van der Waals surface area contributed by atoms with Gasteiger partial charge in [0.2, 0.25) is 0 Å². The number of thioether (sulfide) groups is 1. The molecule has 1 aromatic heterocycles. The van der Waals surface area contributed by atoms with Crippen LogP contribution in [0, 0.1) is 0 Å². The van der Waals surface area contributed by atoms with Crippen molar-refractivity contribution < 1.29 is 9.47 Å². The fourth-order valence-electron chi connectivity index (χ4n) is 2.60. The molecule has 1 aliphatic heterocycles. The number of nitrogens with zero attached hydrogens (tertiary/aromatic N) is 2. The predicted molar refractivity (Wildman–Crippen MR) is 96.8 cm³/mol. The van der Waals surface area contributed by atoms with Crippen molar-refractivity contribution in [1.29, 1.82) is 0 Å². The van der Waals surface area contributed by atoms with E-state index in [1.807, 2.05) is 48.5 Å². The molecule has 0 saturated heterocycles. The van der Waals surface area contributed by atoms with Crippen molar-refractivity contribution in [3.8, 4) is 17.2 Å². The molecule has 0 bridgehead atoms. The lowest BCUT2D eigenvalue weighted by Gasteiger charge is -2.19. The van der Waals surface area contributed by atoms with Crippen LogP contribution in [-0.2, 0) is 5.75 Å². The molecule has 0 radical (unpaired) electrons. The summed E-state index contributed by atoms with van der Waals surface area (Å²) in [6.45, 7) is 1.06. The molecule has 2 heterocycles. The van der Waals surface area contributed by atoms with Crippen LogP contribution in [0.2, 0.25) is 0 Å². The van der Waals surface area contributed by atoms with E-state index in [1.54, 1.807) is 17.0 Å². The molecule has 0 fully saturated rings. The van der Waals surface area contributed by atoms with E-state index < -0.39 is 0 Å². The Labute approximate surface area is 149 Å². The molecule has 25 heavy (non-hydrogen) atoms. The van der Waals surface area contributed by atoms with Crippen LogP contribution in [0.15, 0.2) is 70.7 Å². The first-order chi connectivity index (χ1) is 12.3. The molecule has 5 nitrogen and oxygen atoms in total. The first-order valence-electron chi connectivity index (χ1n) is 7.96. The lowest BCUT2D eigenvalue weighted by Crippen LogP contribution is -2.21. The highest BCUT2D eigenvalue weighted by molar-refractivity contribution is 7.98. The summed E-state index contributed by atoms with van der Waals surface area (Å²) in [7, 11) is 0. The largest absolute Gasteiger partial charge is 0.486 e. The number of hydrogen-bond acceptors (Lipinski definition) is 5. The first-order valence-corrected chi connectivity index (χ1v) is 8.94. The Morgan fingerprint density at radius 1 is 1.04 bits per heavy atom. The summed E-state index contributed by atoms with van der Waals surface area (Å²) in [6.07, 6.45) is 3.31. The molecule has 0 saturated carbocycles. The second-order valence-electron chi connectivity index (χ2n) is 5.51. The van der Waals surface area contributed by atoms with E-state index >= 15 is 0 Å². The fraction of sp³-hybridized carbons (Fsp3) is 0.158. The Balaban J connectivity index is 1.62. The van der Waals surface area contributed by atoms with Gasteiger partial charge in [-0.1, -0.05) is 42.1 Å². The van der Waals surface area contributed by atoms with E-state index in [0.29, 0.717) is 35.5 Å². The van der Waals surface area contributed by atoms with Crippen LogP contribution in [-0.4, -0.2) is 22.8 Å². The fourth-order valence-corrected chi connectivity index (χ4v) is 3.46. The highest BCUT2D eigenvalue weighted by Gasteiger charge is 2.14. The molecule has 2 aromatic carbocycles. The normalized spacial score (nSPS) is 12.8. The third kappa shape index (κ3) is 3.39. The minimum Gasteiger partial charge on any atom is -0.486 e. The average Bonchev–Trinajstić information content (AvgIpc) is 2.68. The zero-order valence-electron chi connectivity index (χ0n) is 13.4. The number of fused-ring (bicyclic) bond motifs is 1. The lowest BCUT2D eigenvalue weighted by molar-refractivity contribution is 0.171. The molecular formula is C19H16N2O3S. The molecule has 6 heteroatoms. The Hall–Kier alpha value is -2.73. The van der Waals surface area contributed by atoms with Gasteiger partial charge in [0.15, 0.2) is 16.5 Å². The van der Waals surface area contributed by atoms with Gasteiger partial charge in [-0.3, -0.25) is 9.36 Å². The number of ether oxygens (including phenoxy) is 2. The van der Waals surface area contributed by atoms with Gasteiger partial charge in [0.25, 0.3) is 5.56 Å². The predicted octanol–water partition coefficient (Wildman–Crippen LogP) is 3.30. The second-order valence-corrected chi connectivity index (χ2v) is 6.47. The minimum absolute atomic E-state index is 0.139. The smallest absolute Gasteiger partial charge is 0.287 e. The van der Waals surface area contributed by atoms with Crippen molar-refractivity contribution in [2.24, 2.45) is 0 Å². The van der Waals surface area contributed by atoms with E-state index in [1.165, 1.54) is 11.8 Å². The van der Waals surface area contributed by atoms with Crippen LogP contribution in [0.5, 0.6) is 11.5 Å². The third-order valence-corrected chi connectivity index (χ3v) is 4.86. The summed E-state index contributed by atoms with van der Waals surface area (Å²) in [4.78, 5) is 17.0. The Morgan fingerprint density at radius 2 is 1.84 bits per heavy atom. The molecule has 126 valence electrons. The Bertz CT molecular complexity index is 941. The van der Waals surface area contributed by atoms with Crippen LogP contribution < -0.4 is 15.0 Å². The van der Waals surface area contributed by atoms with Crippen molar-refractivity contribution in [2.75, 3.05) is 13.2 Å². The van der Waals surface area contributed by atoms with E-state index in [-0.39, 0.29) is 5.56 Å². The number of hydrogen-bond donors (Lipinski definition) is 0. The summed E-state index contributed by atoms with van der Waals surface area (Å²) < 4.78 is 12.7. The van der Waals surface area contributed by atoms with Gasteiger partial charge in [-0.2, -0.15) is 0 Å². The van der Waals surface area contributed by atoms with Crippen molar-refractivity contribution in [3.05, 3.63) is 76.8 Å². The van der Waals surface area contributed by atoms with E-state index in [4.69, 9.17) is 9.47 Å². The highest BCUT2D eigenvalue weighted by Crippen LogP contribution is 2.31. The van der Waals surface area contributed by atoms with Gasteiger partial charge in [-0.25, -0.2) is 4.98 Å². The average molecular weight is 352 g/mol. The highest BCUT2D eigenvalue weighted by atomic mass is 32.2. The summed E-state index contributed by atoms with van der Waals surface area (Å²) in [5.74, 6) is 2.07. The topological polar surface area (TPSA) is 53.4 Å². The second kappa shape index (κ2) is 7.03. The van der Waals surface area contributed by atoms with Crippen LogP contribution in [0.4, 0.5) is 0 Å². The standard InChI is InChI=1S/C19H16N2O3S/c22-19-18(25-13-14-4-2-1-3-5-14)20-8-9-21(19)15-6-7-16-17(12-15)24-11-10-23-16/h1-9,12H,10-11,13H2. The quantitative estimate of drug-likeness (QED) is 0.675. The van der Waals surface area contributed by atoms with Crippen LogP contribution in [0.3, 0.4) is 0 Å². The van der Waals surface area contributed by atoms with Crippen molar-refractivity contribution >= 4 is 11.8 Å². The van der Waals surface area contributed by atoms with Gasteiger partial charge in [0, 0.05) is 24.2 Å².